The number of amides is 1. The summed E-state index contributed by atoms with van der Waals surface area (Å²) in [6, 6.07) is 14.6. The molecule has 0 radical (unpaired) electrons. The lowest BCUT2D eigenvalue weighted by Crippen LogP contribution is -2.22. The van der Waals surface area contributed by atoms with Crippen LogP contribution < -0.4 is 0 Å². The van der Waals surface area contributed by atoms with Crippen LogP contribution in [0.1, 0.15) is 23.6 Å². The fourth-order valence-electron chi connectivity index (χ4n) is 2.24. The Balaban J connectivity index is 1.76. The molecule has 1 heterocycles. The van der Waals surface area contributed by atoms with E-state index in [4.69, 9.17) is 12.2 Å². The molecule has 0 bridgehead atoms. The molecule has 0 unspecified atom stereocenters. The van der Waals surface area contributed by atoms with Gasteiger partial charge in [-0.3, -0.25) is 4.79 Å². The number of aryl methyl sites for hydroxylation is 1. The van der Waals surface area contributed by atoms with Crippen LogP contribution in [0.15, 0.2) is 58.5 Å². The third kappa shape index (κ3) is 4.15. The Kier molecular flexibility index (Phi) is 5.31. The Morgan fingerprint density at radius 2 is 1.76 bits per heavy atom. The monoisotopic (exact) mass is 368 g/mol. The van der Waals surface area contributed by atoms with Crippen molar-refractivity contribution in [1.29, 1.82) is 0 Å². The zero-order valence-electron chi connectivity index (χ0n) is 13.5. The number of carbonyl (C=O) groups excluding carboxylic acids is 1. The maximum absolute atomic E-state index is 12.5. The molecule has 0 atom stereocenters. The molecule has 2 aromatic carbocycles. The molecule has 2 aromatic rings. The highest BCUT2D eigenvalue weighted by Crippen LogP contribution is 2.32. The van der Waals surface area contributed by atoms with Gasteiger partial charge in [-0.2, -0.15) is 10.1 Å². The molecule has 0 aromatic heterocycles. The van der Waals surface area contributed by atoms with Gasteiger partial charge in [-0.05, 0) is 53.5 Å². The van der Waals surface area contributed by atoms with Crippen LogP contribution >= 0.6 is 24.0 Å². The number of aromatic hydroxyl groups is 1. The lowest BCUT2D eigenvalue weighted by atomic mass is 10.1. The van der Waals surface area contributed by atoms with Crippen molar-refractivity contribution in [2.75, 3.05) is 0 Å². The molecule has 0 saturated carbocycles. The van der Waals surface area contributed by atoms with E-state index in [1.165, 1.54) is 22.3 Å². The summed E-state index contributed by atoms with van der Waals surface area (Å²) < 4.78 is 0.399. The summed E-state index contributed by atoms with van der Waals surface area (Å²) in [6.45, 7) is 2.10. The second-order valence-corrected chi connectivity index (χ2v) is 7.10. The molecular weight excluding hydrogens is 352 g/mol. The minimum atomic E-state index is -0.246. The molecule has 6 heteroatoms. The van der Waals surface area contributed by atoms with Gasteiger partial charge in [0, 0.05) is 0 Å². The minimum absolute atomic E-state index is 0.184. The molecular formula is C19H16N2O2S2. The van der Waals surface area contributed by atoms with Crippen molar-refractivity contribution >= 4 is 46.5 Å². The molecule has 1 aliphatic heterocycles. The summed E-state index contributed by atoms with van der Waals surface area (Å²) in [5, 5.41) is 14.8. The summed E-state index contributed by atoms with van der Waals surface area (Å²) in [5.41, 5.74) is 2.98. The predicted octanol–water partition coefficient (Wildman–Crippen LogP) is 4.19. The molecule has 1 N–H and O–H groups in total. The highest BCUT2D eigenvalue weighted by Gasteiger charge is 2.31. The van der Waals surface area contributed by atoms with E-state index in [1.54, 1.807) is 36.6 Å². The van der Waals surface area contributed by atoms with E-state index in [1.807, 2.05) is 24.3 Å². The number of rotatable bonds is 4. The molecule has 3 rings (SSSR count). The van der Waals surface area contributed by atoms with Gasteiger partial charge in [0.2, 0.25) is 0 Å². The van der Waals surface area contributed by atoms with Crippen LogP contribution in [0.4, 0.5) is 0 Å². The fourth-order valence-corrected chi connectivity index (χ4v) is 3.42. The third-order valence-electron chi connectivity index (χ3n) is 3.67. The fraction of sp³-hybridized carbons (Fsp3) is 0.105. The lowest BCUT2D eigenvalue weighted by Gasteiger charge is -2.06. The molecule has 126 valence electrons. The van der Waals surface area contributed by atoms with E-state index in [-0.39, 0.29) is 11.7 Å². The van der Waals surface area contributed by atoms with Crippen LogP contribution in [0.3, 0.4) is 0 Å². The van der Waals surface area contributed by atoms with Gasteiger partial charge in [-0.25, -0.2) is 0 Å². The van der Waals surface area contributed by atoms with E-state index >= 15 is 0 Å². The van der Waals surface area contributed by atoms with Gasteiger partial charge < -0.3 is 5.11 Å². The standard InChI is InChI=1S/C19H16N2O2S2/c1-2-13-3-5-15(6-4-13)12-20-21-18(23)17(25-19(21)24)11-14-7-9-16(22)10-8-14/h3-12,22H,2H2,1H3/b17-11+,20-12+. The van der Waals surface area contributed by atoms with Crippen molar-refractivity contribution in [3.63, 3.8) is 0 Å². The second kappa shape index (κ2) is 7.63. The smallest absolute Gasteiger partial charge is 0.286 e. The van der Waals surface area contributed by atoms with Crippen LogP contribution in [0.2, 0.25) is 0 Å². The molecule has 4 nitrogen and oxygen atoms in total. The number of phenols is 1. The summed E-state index contributed by atoms with van der Waals surface area (Å²) in [7, 11) is 0. The quantitative estimate of drug-likeness (QED) is 0.499. The average molecular weight is 368 g/mol. The van der Waals surface area contributed by atoms with Crippen molar-refractivity contribution < 1.29 is 9.90 Å². The van der Waals surface area contributed by atoms with Crippen LogP contribution in [-0.2, 0) is 11.2 Å². The number of hydrogen-bond acceptors (Lipinski definition) is 5. The van der Waals surface area contributed by atoms with Gasteiger partial charge in [-0.15, -0.1) is 0 Å². The first kappa shape index (κ1) is 17.4. The first-order valence-electron chi connectivity index (χ1n) is 7.76. The predicted molar refractivity (Wildman–Crippen MR) is 107 cm³/mol. The number of hydrogen-bond donors (Lipinski definition) is 1. The first-order valence-corrected chi connectivity index (χ1v) is 8.99. The Hall–Kier alpha value is -2.44. The lowest BCUT2D eigenvalue weighted by molar-refractivity contribution is -0.122. The molecule has 1 saturated heterocycles. The SMILES string of the molecule is CCc1ccc(/C=N/N2C(=O)/C(=C\c3ccc(O)cc3)SC2=S)cc1. The number of phenolic OH excluding ortho intramolecular Hbond substituents is 1. The Bertz CT molecular complexity index is 856. The second-order valence-electron chi connectivity index (χ2n) is 5.42. The van der Waals surface area contributed by atoms with Crippen molar-refractivity contribution in [1.82, 2.24) is 5.01 Å². The van der Waals surface area contributed by atoms with E-state index in [2.05, 4.69) is 12.0 Å². The maximum Gasteiger partial charge on any atom is 0.286 e. The third-order valence-corrected chi connectivity index (χ3v) is 4.96. The Morgan fingerprint density at radius 1 is 1.12 bits per heavy atom. The zero-order valence-corrected chi connectivity index (χ0v) is 15.2. The summed E-state index contributed by atoms with van der Waals surface area (Å²) in [4.78, 5) is 13.0. The average Bonchev–Trinajstić information content (AvgIpc) is 2.89. The van der Waals surface area contributed by atoms with Crippen LogP contribution in [-0.4, -0.2) is 26.6 Å². The zero-order chi connectivity index (χ0) is 17.8. The summed E-state index contributed by atoms with van der Waals surface area (Å²) >= 11 is 6.47. The number of thiocarbonyl (C=S) groups is 1. The van der Waals surface area contributed by atoms with Gasteiger partial charge in [-0.1, -0.05) is 55.1 Å². The molecule has 1 amide bonds. The normalized spacial score (nSPS) is 16.4. The van der Waals surface area contributed by atoms with Crippen LogP contribution in [0.25, 0.3) is 6.08 Å². The van der Waals surface area contributed by atoms with Crippen LogP contribution in [0, 0.1) is 0 Å². The highest BCUT2D eigenvalue weighted by atomic mass is 32.2. The number of thioether (sulfide) groups is 1. The number of benzene rings is 2. The van der Waals surface area contributed by atoms with Crippen molar-refractivity contribution in [2.45, 2.75) is 13.3 Å². The Morgan fingerprint density at radius 3 is 2.40 bits per heavy atom. The van der Waals surface area contributed by atoms with Gasteiger partial charge in [0.25, 0.3) is 5.91 Å². The highest BCUT2D eigenvalue weighted by molar-refractivity contribution is 8.26. The van der Waals surface area contributed by atoms with E-state index in [0.717, 1.165) is 17.5 Å². The largest absolute Gasteiger partial charge is 0.508 e. The van der Waals surface area contributed by atoms with Gasteiger partial charge in [0.15, 0.2) is 4.32 Å². The topological polar surface area (TPSA) is 52.9 Å². The molecule has 0 aliphatic carbocycles. The molecule has 25 heavy (non-hydrogen) atoms. The summed E-state index contributed by atoms with van der Waals surface area (Å²) in [5.74, 6) is -0.0621. The first-order chi connectivity index (χ1) is 12.1. The van der Waals surface area contributed by atoms with Crippen molar-refractivity contribution in [3.05, 3.63) is 70.1 Å². The van der Waals surface area contributed by atoms with E-state index in [9.17, 15) is 9.90 Å². The van der Waals surface area contributed by atoms with Crippen molar-refractivity contribution in [2.24, 2.45) is 5.10 Å². The van der Waals surface area contributed by atoms with Gasteiger partial charge in [0.05, 0.1) is 11.1 Å². The van der Waals surface area contributed by atoms with E-state index < -0.39 is 0 Å². The maximum atomic E-state index is 12.5. The minimum Gasteiger partial charge on any atom is -0.508 e. The summed E-state index contributed by atoms with van der Waals surface area (Å²) in [6.07, 6.45) is 4.35. The molecule has 1 fully saturated rings. The van der Waals surface area contributed by atoms with E-state index in [0.29, 0.717) is 9.23 Å². The molecule has 1 aliphatic rings. The van der Waals surface area contributed by atoms with Gasteiger partial charge in [0.1, 0.15) is 5.75 Å². The molecule has 0 spiro atoms. The Labute approximate surface area is 155 Å². The number of hydrazone groups is 1. The number of nitrogens with zero attached hydrogens (tertiary/aromatic N) is 2. The van der Waals surface area contributed by atoms with Gasteiger partial charge >= 0.3 is 0 Å². The number of carbonyl (C=O) groups is 1. The van der Waals surface area contributed by atoms with Crippen LogP contribution in [0.5, 0.6) is 5.75 Å². The van der Waals surface area contributed by atoms with Crippen molar-refractivity contribution in [3.8, 4) is 5.75 Å².